The van der Waals surface area contributed by atoms with Crippen molar-refractivity contribution in [3.8, 4) is 0 Å². The Bertz CT molecular complexity index is 525. The average Bonchev–Trinajstić information content (AvgIpc) is 2.54. The highest BCUT2D eigenvalue weighted by Crippen LogP contribution is 2.17. The molecule has 0 aromatic heterocycles. The van der Waals surface area contributed by atoms with Crippen LogP contribution in [0.1, 0.15) is 20.3 Å². The number of hydrogen-bond acceptors (Lipinski definition) is 3. The predicted octanol–water partition coefficient (Wildman–Crippen LogP) is 2.02. The van der Waals surface area contributed by atoms with E-state index in [0.29, 0.717) is 19.5 Å². The van der Waals surface area contributed by atoms with Crippen LogP contribution in [-0.2, 0) is 4.79 Å². The van der Waals surface area contributed by atoms with Crippen LogP contribution in [0.4, 0.5) is 10.5 Å². The minimum atomic E-state index is -1.15. The number of carbonyl (C=O) groups is 2. The van der Waals surface area contributed by atoms with Gasteiger partial charge in [-0.15, -0.1) is 0 Å². The van der Waals surface area contributed by atoms with Crippen molar-refractivity contribution in [2.45, 2.75) is 26.3 Å². The van der Waals surface area contributed by atoms with Crippen LogP contribution in [0, 0.1) is 5.92 Å². The molecule has 1 aromatic rings. The molecule has 2 amide bonds. The Hall–Kier alpha value is -2.24. The summed E-state index contributed by atoms with van der Waals surface area (Å²) in [6, 6.07) is 9.45. The first-order valence-corrected chi connectivity index (χ1v) is 8.05. The molecule has 6 nitrogen and oxygen atoms in total. The van der Waals surface area contributed by atoms with Gasteiger partial charge in [-0.3, -0.25) is 4.79 Å². The van der Waals surface area contributed by atoms with Crippen molar-refractivity contribution < 1.29 is 14.7 Å². The molecule has 1 atom stereocenters. The van der Waals surface area contributed by atoms with Crippen LogP contribution in [0.3, 0.4) is 0 Å². The smallest absolute Gasteiger partial charge is 0.405 e. The number of nitrogens with one attached hydrogen (secondary N) is 1. The zero-order valence-corrected chi connectivity index (χ0v) is 13.7. The summed E-state index contributed by atoms with van der Waals surface area (Å²) >= 11 is 0. The van der Waals surface area contributed by atoms with Crippen LogP contribution < -0.4 is 10.2 Å². The van der Waals surface area contributed by atoms with Gasteiger partial charge in [0.2, 0.25) is 5.91 Å². The van der Waals surface area contributed by atoms with Crippen LogP contribution in [0.2, 0.25) is 0 Å². The molecule has 6 heteroatoms. The molecular weight excluding hydrogens is 294 g/mol. The molecule has 1 aliphatic heterocycles. The molecule has 0 saturated carbocycles. The second-order valence-electron chi connectivity index (χ2n) is 6.28. The molecule has 126 valence electrons. The summed E-state index contributed by atoms with van der Waals surface area (Å²) in [5.41, 5.74) is 1.15. The fourth-order valence-corrected chi connectivity index (χ4v) is 2.89. The SMILES string of the molecule is CC(C)CC(NC(=O)O)C(=O)N1CCN(c2ccccc2)CC1. The highest BCUT2D eigenvalue weighted by atomic mass is 16.4. The first-order chi connectivity index (χ1) is 11.0. The number of carboxylic acid groups (broad SMARTS) is 1. The Labute approximate surface area is 137 Å². The molecule has 1 heterocycles. The highest BCUT2D eigenvalue weighted by molar-refractivity contribution is 5.85. The van der Waals surface area contributed by atoms with E-state index in [1.165, 1.54) is 0 Å². The Morgan fingerprint density at radius 2 is 1.74 bits per heavy atom. The van der Waals surface area contributed by atoms with Crippen LogP contribution in [-0.4, -0.2) is 54.2 Å². The van der Waals surface area contributed by atoms with Gasteiger partial charge in [0.15, 0.2) is 0 Å². The molecule has 1 aromatic carbocycles. The van der Waals surface area contributed by atoms with Crippen LogP contribution in [0.15, 0.2) is 30.3 Å². The standard InChI is InChI=1S/C17H25N3O3/c1-13(2)12-15(18-17(22)23)16(21)20-10-8-19(9-11-20)14-6-4-3-5-7-14/h3-7,13,15,18H,8-12H2,1-2H3,(H,22,23). The lowest BCUT2D eigenvalue weighted by molar-refractivity contribution is -0.134. The summed E-state index contributed by atoms with van der Waals surface area (Å²) in [5.74, 6) is 0.134. The molecular formula is C17H25N3O3. The zero-order valence-electron chi connectivity index (χ0n) is 13.7. The van der Waals surface area contributed by atoms with Gasteiger partial charge >= 0.3 is 6.09 Å². The van der Waals surface area contributed by atoms with E-state index in [4.69, 9.17) is 5.11 Å². The molecule has 1 fully saturated rings. The third kappa shape index (κ3) is 4.87. The van der Waals surface area contributed by atoms with Crippen molar-refractivity contribution in [1.82, 2.24) is 10.2 Å². The summed E-state index contributed by atoms with van der Waals surface area (Å²) in [6.07, 6.45) is -0.628. The number of piperazine rings is 1. The van der Waals surface area contributed by atoms with E-state index in [2.05, 4.69) is 22.3 Å². The molecule has 2 rings (SSSR count). The van der Waals surface area contributed by atoms with Crippen LogP contribution >= 0.6 is 0 Å². The molecule has 1 aliphatic rings. The maximum Gasteiger partial charge on any atom is 0.405 e. The van der Waals surface area contributed by atoms with E-state index in [-0.39, 0.29) is 11.8 Å². The van der Waals surface area contributed by atoms with Crippen molar-refractivity contribution in [2.75, 3.05) is 31.1 Å². The number of rotatable bonds is 5. The minimum Gasteiger partial charge on any atom is -0.465 e. The van der Waals surface area contributed by atoms with E-state index in [1.807, 2.05) is 32.0 Å². The third-order valence-corrected chi connectivity index (χ3v) is 4.02. The van der Waals surface area contributed by atoms with Gasteiger partial charge in [-0.25, -0.2) is 4.79 Å². The number of benzene rings is 1. The van der Waals surface area contributed by atoms with Crippen molar-refractivity contribution in [2.24, 2.45) is 5.92 Å². The molecule has 1 saturated heterocycles. The minimum absolute atomic E-state index is 0.117. The van der Waals surface area contributed by atoms with Crippen molar-refractivity contribution in [3.05, 3.63) is 30.3 Å². The van der Waals surface area contributed by atoms with E-state index < -0.39 is 12.1 Å². The van der Waals surface area contributed by atoms with Gasteiger partial charge in [0, 0.05) is 31.9 Å². The fourth-order valence-electron chi connectivity index (χ4n) is 2.89. The first-order valence-electron chi connectivity index (χ1n) is 8.05. The Morgan fingerprint density at radius 1 is 1.13 bits per heavy atom. The largest absolute Gasteiger partial charge is 0.465 e. The zero-order chi connectivity index (χ0) is 16.8. The number of amides is 2. The van der Waals surface area contributed by atoms with E-state index in [9.17, 15) is 9.59 Å². The second-order valence-corrected chi connectivity index (χ2v) is 6.28. The Balaban J connectivity index is 1.94. The second kappa shape index (κ2) is 7.85. The molecule has 0 spiro atoms. The number of carbonyl (C=O) groups excluding carboxylic acids is 1. The van der Waals surface area contributed by atoms with Gasteiger partial charge in [0.05, 0.1) is 0 Å². The average molecular weight is 319 g/mol. The van der Waals surface area contributed by atoms with Gasteiger partial charge in [-0.1, -0.05) is 32.0 Å². The molecule has 0 bridgehead atoms. The van der Waals surface area contributed by atoms with Crippen molar-refractivity contribution >= 4 is 17.7 Å². The van der Waals surface area contributed by atoms with Crippen LogP contribution in [0.25, 0.3) is 0 Å². The fraction of sp³-hybridized carbons (Fsp3) is 0.529. The predicted molar refractivity (Wildman–Crippen MR) is 89.6 cm³/mol. The topological polar surface area (TPSA) is 72.9 Å². The maximum absolute atomic E-state index is 12.6. The summed E-state index contributed by atoms with van der Waals surface area (Å²) in [5, 5.41) is 11.3. The quantitative estimate of drug-likeness (QED) is 0.871. The molecule has 0 radical (unpaired) electrons. The molecule has 1 unspecified atom stereocenters. The monoisotopic (exact) mass is 319 g/mol. The summed E-state index contributed by atoms with van der Waals surface area (Å²) < 4.78 is 0. The third-order valence-electron chi connectivity index (χ3n) is 4.02. The normalized spacial score (nSPS) is 16.3. The Morgan fingerprint density at radius 3 is 2.26 bits per heavy atom. The van der Waals surface area contributed by atoms with Gasteiger partial charge in [0.1, 0.15) is 6.04 Å². The summed E-state index contributed by atoms with van der Waals surface area (Å²) in [7, 11) is 0. The van der Waals surface area contributed by atoms with Gasteiger partial charge in [-0.2, -0.15) is 0 Å². The van der Waals surface area contributed by atoms with Gasteiger partial charge in [-0.05, 0) is 24.5 Å². The summed E-state index contributed by atoms with van der Waals surface area (Å²) in [6.45, 7) is 6.72. The first kappa shape index (κ1) is 17.1. The molecule has 23 heavy (non-hydrogen) atoms. The molecule has 2 N–H and O–H groups in total. The highest BCUT2D eigenvalue weighted by Gasteiger charge is 2.29. The summed E-state index contributed by atoms with van der Waals surface area (Å²) in [4.78, 5) is 27.5. The van der Waals surface area contributed by atoms with Gasteiger partial charge < -0.3 is 20.2 Å². The van der Waals surface area contributed by atoms with Crippen LogP contribution in [0.5, 0.6) is 0 Å². The lowest BCUT2D eigenvalue weighted by Crippen LogP contribution is -2.55. The number of anilines is 1. The van der Waals surface area contributed by atoms with Crippen molar-refractivity contribution in [3.63, 3.8) is 0 Å². The molecule has 0 aliphatic carbocycles. The van der Waals surface area contributed by atoms with Crippen molar-refractivity contribution in [1.29, 1.82) is 0 Å². The van der Waals surface area contributed by atoms with E-state index in [0.717, 1.165) is 18.8 Å². The number of hydrogen-bond donors (Lipinski definition) is 2. The lowest BCUT2D eigenvalue weighted by atomic mass is 10.0. The van der Waals surface area contributed by atoms with E-state index >= 15 is 0 Å². The lowest BCUT2D eigenvalue weighted by Gasteiger charge is -2.37. The maximum atomic E-state index is 12.6. The van der Waals surface area contributed by atoms with E-state index in [1.54, 1.807) is 4.90 Å². The van der Waals surface area contributed by atoms with Gasteiger partial charge in [0.25, 0.3) is 0 Å². The Kier molecular flexibility index (Phi) is 5.84. The number of para-hydroxylation sites is 1. The number of nitrogens with zero attached hydrogens (tertiary/aromatic N) is 2.